The first-order valence-electron chi connectivity index (χ1n) is 5.93. The second-order valence-electron chi connectivity index (χ2n) is 4.74. The van der Waals surface area contributed by atoms with Crippen molar-refractivity contribution in [2.45, 2.75) is 27.7 Å². The van der Waals surface area contributed by atoms with Crippen molar-refractivity contribution in [1.29, 1.82) is 0 Å². The molecule has 0 N–H and O–H groups in total. The monoisotopic (exact) mass is 246 g/mol. The van der Waals surface area contributed by atoms with Crippen LogP contribution in [0.5, 0.6) is 0 Å². The van der Waals surface area contributed by atoms with Crippen molar-refractivity contribution in [3.8, 4) is 0 Å². The van der Waals surface area contributed by atoms with Crippen molar-refractivity contribution < 1.29 is 0 Å². The van der Waals surface area contributed by atoms with E-state index >= 15 is 0 Å². The molecule has 86 valence electrons. The van der Waals surface area contributed by atoms with Gasteiger partial charge in [-0.3, -0.25) is 0 Å². The van der Waals surface area contributed by atoms with Crippen LogP contribution in [0.25, 0.3) is 0 Å². The maximum Gasteiger partial charge on any atom is 0.0780 e. The highest BCUT2D eigenvalue weighted by Crippen LogP contribution is 1.89. The Balaban J connectivity index is 2.83. The molecule has 16 heavy (non-hydrogen) atoms. The van der Waals surface area contributed by atoms with E-state index in [0.29, 0.717) is 0 Å². The molecule has 0 fully saturated rings. The van der Waals surface area contributed by atoms with E-state index in [1.54, 1.807) is 10.4 Å². The Hall–Kier alpha value is -0.866. The Bertz CT molecular complexity index is 356. The van der Waals surface area contributed by atoms with E-state index < -0.39 is 0 Å². The van der Waals surface area contributed by atoms with Gasteiger partial charge in [-0.2, -0.15) is 0 Å². The molecule has 0 unspecified atom stereocenters. The molecule has 0 aliphatic heterocycles. The Morgan fingerprint density at radius 2 is 1.19 bits per heavy atom. The third kappa shape index (κ3) is 4.77. The summed E-state index contributed by atoms with van der Waals surface area (Å²) in [4.78, 5) is 0. The average Bonchev–Trinajstić information content (AvgIpc) is 2.24. The highest BCUT2D eigenvalue weighted by atomic mass is 28.2. The number of rotatable bonds is 4. The summed E-state index contributed by atoms with van der Waals surface area (Å²) in [6.45, 7) is 8.79. The summed E-state index contributed by atoms with van der Waals surface area (Å²) in [6, 6.07) is 9.02. The van der Waals surface area contributed by atoms with Gasteiger partial charge >= 0.3 is 0 Å². The lowest BCUT2D eigenvalue weighted by Gasteiger charge is -2.05. The lowest BCUT2D eigenvalue weighted by Crippen LogP contribution is -2.34. The van der Waals surface area contributed by atoms with Crippen LogP contribution in [-0.4, -0.2) is 19.0 Å². The largest absolute Gasteiger partial charge is 0.0975 e. The molecule has 0 aliphatic rings. The van der Waals surface area contributed by atoms with Crippen molar-refractivity contribution in [3.05, 3.63) is 46.8 Å². The van der Waals surface area contributed by atoms with Gasteiger partial charge in [0.05, 0.1) is 19.0 Å². The third-order valence-corrected chi connectivity index (χ3v) is 7.38. The smallest absolute Gasteiger partial charge is 0.0780 e. The fourth-order valence-electron chi connectivity index (χ4n) is 1.58. The van der Waals surface area contributed by atoms with Crippen LogP contribution in [0.3, 0.4) is 0 Å². The van der Waals surface area contributed by atoms with E-state index in [1.807, 2.05) is 0 Å². The molecule has 0 aliphatic carbocycles. The highest BCUT2D eigenvalue weighted by Gasteiger charge is 1.99. The lowest BCUT2D eigenvalue weighted by atomic mass is 10.4. The predicted molar refractivity (Wildman–Crippen MR) is 81.7 cm³/mol. The molecular weight excluding hydrogens is 224 g/mol. The fraction of sp³-hybridized carbons (Fsp3) is 0.286. The molecule has 2 heteroatoms. The second kappa shape index (κ2) is 6.66. The molecule has 0 saturated heterocycles. The minimum Gasteiger partial charge on any atom is -0.0975 e. The number of hydrogen-bond donors (Lipinski definition) is 0. The van der Waals surface area contributed by atoms with Crippen LogP contribution in [0.15, 0.2) is 46.8 Å². The van der Waals surface area contributed by atoms with E-state index in [9.17, 15) is 0 Å². The van der Waals surface area contributed by atoms with Gasteiger partial charge in [0, 0.05) is 0 Å². The highest BCUT2D eigenvalue weighted by molar-refractivity contribution is 6.71. The molecule has 1 rings (SSSR count). The Morgan fingerprint density at radius 1 is 0.812 bits per heavy atom. The molecule has 1 aromatic carbocycles. The molecule has 0 atom stereocenters. The SMILES string of the molecule is CC(C)=C[SiH2]c1ccccc1[SiH2]C=C(C)C. The van der Waals surface area contributed by atoms with Crippen molar-refractivity contribution >= 4 is 29.4 Å². The minimum absolute atomic E-state index is 0.189. The Labute approximate surface area is 104 Å². The second-order valence-corrected chi connectivity index (χ2v) is 7.90. The summed E-state index contributed by atoms with van der Waals surface area (Å²) in [5.74, 6) is 0. The summed E-state index contributed by atoms with van der Waals surface area (Å²) in [5.41, 5.74) is 7.83. The maximum atomic E-state index is 2.45. The Kier molecular flexibility index (Phi) is 5.49. The molecule has 0 bridgehead atoms. The first-order chi connectivity index (χ1) is 7.59. The van der Waals surface area contributed by atoms with Gasteiger partial charge in [0.25, 0.3) is 0 Å². The molecule has 0 saturated carbocycles. The first-order valence-corrected chi connectivity index (χ1v) is 8.98. The third-order valence-electron chi connectivity index (χ3n) is 2.58. The van der Waals surface area contributed by atoms with Crippen molar-refractivity contribution in [2.24, 2.45) is 0 Å². The van der Waals surface area contributed by atoms with Crippen LogP contribution < -0.4 is 10.4 Å². The molecule has 0 heterocycles. The van der Waals surface area contributed by atoms with Crippen molar-refractivity contribution in [2.75, 3.05) is 0 Å². The van der Waals surface area contributed by atoms with Crippen LogP contribution in [-0.2, 0) is 0 Å². The molecular formula is C14H22Si2. The van der Waals surface area contributed by atoms with Crippen molar-refractivity contribution in [1.82, 2.24) is 0 Å². The first kappa shape index (κ1) is 13.2. The maximum absolute atomic E-state index is 2.45. The van der Waals surface area contributed by atoms with Crippen LogP contribution >= 0.6 is 0 Å². The molecule has 0 nitrogen and oxygen atoms in total. The fourth-order valence-corrected chi connectivity index (χ4v) is 5.01. The summed E-state index contributed by atoms with van der Waals surface area (Å²) in [5, 5.41) is 3.29. The van der Waals surface area contributed by atoms with E-state index in [4.69, 9.17) is 0 Å². The molecule has 0 aromatic heterocycles. The standard InChI is InChI=1S/C14H22Si2/c1-11(2)9-15-13-7-5-6-8-14(13)16-10-12(3)4/h5-10H,15-16H2,1-4H3. The topological polar surface area (TPSA) is 0 Å². The zero-order valence-electron chi connectivity index (χ0n) is 10.9. The van der Waals surface area contributed by atoms with Gasteiger partial charge in [0.2, 0.25) is 0 Å². The Morgan fingerprint density at radius 3 is 1.50 bits per heavy atom. The van der Waals surface area contributed by atoms with Gasteiger partial charge in [-0.1, -0.05) is 57.2 Å². The zero-order valence-corrected chi connectivity index (χ0v) is 13.7. The zero-order chi connectivity index (χ0) is 12.0. The van der Waals surface area contributed by atoms with Crippen LogP contribution in [0.4, 0.5) is 0 Å². The van der Waals surface area contributed by atoms with E-state index in [0.717, 1.165) is 0 Å². The molecule has 0 spiro atoms. The number of benzene rings is 1. The van der Waals surface area contributed by atoms with Gasteiger partial charge in [-0.25, -0.2) is 0 Å². The average molecular weight is 247 g/mol. The van der Waals surface area contributed by atoms with Gasteiger partial charge < -0.3 is 0 Å². The normalized spacial score (nSPS) is 11.2. The van der Waals surface area contributed by atoms with Gasteiger partial charge in [0.1, 0.15) is 0 Å². The van der Waals surface area contributed by atoms with Crippen LogP contribution in [0.1, 0.15) is 27.7 Å². The molecule has 0 amide bonds. The van der Waals surface area contributed by atoms with Crippen LogP contribution in [0.2, 0.25) is 0 Å². The summed E-state index contributed by atoms with van der Waals surface area (Å²) in [6.07, 6.45) is 0. The predicted octanol–water partition coefficient (Wildman–Crippen LogP) is 1.12. The quantitative estimate of drug-likeness (QED) is 0.699. The van der Waals surface area contributed by atoms with Gasteiger partial charge in [-0.15, -0.1) is 0 Å². The number of allylic oxidation sites excluding steroid dienone is 2. The van der Waals surface area contributed by atoms with E-state index in [2.05, 4.69) is 63.4 Å². The summed E-state index contributed by atoms with van der Waals surface area (Å²) in [7, 11) is -0.379. The lowest BCUT2D eigenvalue weighted by molar-refractivity contribution is 1.41. The van der Waals surface area contributed by atoms with Crippen molar-refractivity contribution in [3.63, 3.8) is 0 Å². The van der Waals surface area contributed by atoms with E-state index in [-0.39, 0.29) is 19.0 Å². The summed E-state index contributed by atoms with van der Waals surface area (Å²) < 4.78 is 0. The van der Waals surface area contributed by atoms with Crippen LogP contribution in [0, 0.1) is 0 Å². The van der Waals surface area contributed by atoms with E-state index in [1.165, 1.54) is 11.1 Å². The van der Waals surface area contributed by atoms with Gasteiger partial charge in [-0.05, 0) is 27.7 Å². The van der Waals surface area contributed by atoms with Gasteiger partial charge in [0.15, 0.2) is 0 Å². The molecule has 0 radical (unpaired) electrons. The summed E-state index contributed by atoms with van der Waals surface area (Å²) >= 11 is 0. The molecule has 1 aromatic rings. The minimum atomic E-state index is -0.189. The number of hydrogen-bond acceptors (Lipinski definition) is 0.